The summed E-state index contributed by atoms with van der Waals surface area (Å²) in [5.74, 6) is 1.53. The molecular weight excluding hydrogens is 226 g/mol. The van der Waals surface area contributed by atoms with Gasteiger partial charge in [0.2, 0.25) is 0 Å². The lowest BCUT2D eigenvalue weighted by Gasteiger charge is -2.26. The maximum absolute atomic E-state index is 3.79. The Hall–Kier alpha value is -0.340. The summed E-state index contributed by atoms with van der Waals surface area (Å²) in [5, 5.41) is 8.20. The van der Waals surface area contributed by atoms with Crippen LogP contribution in [0.1, 0.15) is 59.1 Å². The third kappa shape index (κ3) is 5.69. The van der Waals surface area contributed by atoms with Gasteiger partial charge in [-0.3, -0.25) is 0 Å². The second-order valence-electron chi connectivity index (χ2n) is 5.90. The lowest BCUT2D eigenvalue weighted by atomic mass is 9.94. The first-order valence-electron chi connectivity index (χ1n) is 6.77. The van der Waals surface area contributed by atoms with Crippen LogP contribution in [-0.2, 0) is 0 Å². The molecule has 1 atom stereocenters. The molecule has 0 bridgehead atoms. The molecule has 0 fully saturated rings. The first-order valence-corrected chi connectivity index (χ1v) is 7.71. The quantitative estimate of drug-likeness (QED) is 0.732. The van der Waals surface area contributed by atoms with Gasteiger partial charge in [0.15, 0.2) is 0 Å². The highest BCUT2D eigenvalue weighted by molar-refractivity contribution is 7.07. The summed E-state index contributed by atoms with van der Waals surface area (Å²) in [7, 11) is 0. The molecule has 1 unspecified atom stereocenters. The molecule has 1 aromatic heterocycles. The van der Waals surface area contributed by atoms with Crippen LogP contribution in [0.25, 0.3) is 0 Å². The second-order valence-corrected chi connectivity index (χ2v) is 6.68. The molecule has 1 nitrogen and oxygen atoms in total. The Morgan fingerprint density at radius 1 is 1.06 bits per heavy atom. The van der Waals surface area contributed by atoms with Crippen molar-refractivity contribution in [3.63, 3.8) is 0 Å². The Labute approximate surface area is 111 Å². The first-order chi connectivity index (χ1) is 7.99. The molecule has 0 aliphatic carbocycles. The molecule has 1 rings (SSSR count). The molecule has 2 heteroatoms. The van der Waals surface area contributed by atoms with E-state index >= 15 is 0 Å². The van der Waals surface area contributed by atoms with E-state index in [-0.39, 0.29) is 0 Å². The van der Waals surface area contributed by atoms with E-state index in [2.05, 4.69) is 56.8 Å². The van der Waals surface area contributed by atoms with Crippen molar-refractivity contribution in [3.8, 4) is 0 Å². The van der Waals surface area contributed by atoms with E-state index in [1.807, 2.05) is 0 Å². The van der Waals surface area contributed by atoms with Gasteiger partial charge in [-0.15, -0.1) is 0 Å². The van der Waals surface area contributed by atoms with Crippen LogP contribution in [0.15, 0.2) is 16.8 Å². The van der Waals surface area contributed by atoms with Crippen LogP contribution in [0.2, 0.25) is 0 Å². The van der Waals surface area contributed by atoms with Crippen LogP contribution in [-0.4, -0.2) is 6.04 Å². The summed E-state index contributed by atoms with van der Waals surface area (Å²) in [6, 6.07) is 3.35. The minimum atomic E-state index is 0.476. The molecule has 1 N–H and O–H groups in total. The molecule has 1 aromatic rings. The highest BCUT2D eigenvalue weighted by Crippen LogP contribution is 2.20. The number of hydrogen-bond donors (Lipinski definition) is 1. The monoisotopic (exact) mass is 253 g/mol. The fourth-order valence-corrected chi connectivity index (χ4v) is 3.10. The molecule has 0 aromatic carbocycles. The number of rotatable bonds is 7. The van der Waals surface area contributed by atoms with E-state index in [1.54, 1.807) is 11.3 Å². The Bertz CT molecular complexity index is 280. The van der Waals surface area contributed by atoms with Gasteiger partial charge >= 0.3 is 0 Å². The highest BCUT2D eigenvalue weighted by atomic mass is 32.1. The normalized spacial score (nSPS) is 13.9. The highest BCUT2D eigenvalue weighted by Gasteiger charge is 2.16. The molecule has 0 saturated carbocycles. The van der Waals surface area contributed by atoms with Crippen LogP contribution in [0, 0.1) is 11.8 Å². The molecule has 98 valence electrons. The lowest BCUT2D eigenvalue weighted by Crippen LogP contribution is -2.33. The molecule has 0 aliphatic rings. The minimum absolute atomic E-state index is 0.476. The summed E-state index contributed by atoms with van der Waals surface area (Å²) in [5.41, 5.74) is 1.42. The topological polar surface area (TPSA) is 12.0 Å². The van der Waals surface area contributed by atoms with Crippen molar-refractivity contribution in [2.45, 2.75) is 59.5 Å². The second kappa shape index (κ2) is 7.17. The molecule has 1 heterocycles. The van der Waals surface area contributed by atoms with Crippen molar-refractivity contribution in [1.29, 1.82) is 0 Å². The van der Waals surface area contributed by atoms with Gasteiger partial charge in [0.05, 0.1) is 0 Å². The third-order valence-corrected chi connectivity index (χ3v) is 3.74. The molecule has 0 aliphatic heterocycles. The number of nitrogens with one attached hydrogen (secondary N) is 1. The largest absolute Gasteiger partial charge is 0.307 e. The maximum Gasteiger partial charge on any atom is 0.0302 e. The predicted molar refractivity (Wildman–Crippen MR) is 78.6 cm³/mol. The van der Waals surface area contributed by atoms with Crippen molar-refractivity contribution in [2.24, 2.45) is 11.8 Å². The summed E-state index contributed by atoms with van der Waals surface area (Å²) < 4.78 is 0. The van der Waals surface area contributed by atoms with E-state index in [0.29, 0.717) is 12.1 Å². The molecular formula is C15H27NS. The molecule has 0 amide bonds. The average molecular weight is 253 g/mol. The van der Waals surface area contributed by atoms with Crippen LogP contribution in [0.3, 0.4) is 0 Å². The Morgan fingerprint density at radius 2 is 1.65 bits per heavy atom. The average Bonchev–Trinajstić information content (AvgIpc) is 2.67. The molecule has 17 heavy (non-hydrogen) atoms. The zero-order valence-electron chi connectivity index (χ0n) is 11.9. The van der Waals surface area contributed by atoms with Crippen molar-refractivity contribution in [2.75, 3.05) is 0 Å². The SMILES string of the molecule is CC(C)CC(CC(C)C)NC(C)c1ccsc1. The van der Waals surface area contributed by atoms with E-state index in [0.717, 1.165) is 11.8 Å². The van der Waals surface area contributed by atoms with Gasteiger partial charge < -0.3 is 5.32 Å². The van der Waals surface area contributed by atoms with Crippen molar-refractivity contribution < 1.29 is 0 Å². The predicted octanol–water partition coefficient (Wildman–Crippen LogP) is 4.86. The Balaban J connectivity index is 2.52. The zero-order valence-corrected chi connectivity index (χ0v) is 12.7. The van der Waals surface area contributed by atoms with Crippen LogP contribution < -0.4 is 5.32 Å². The smallest absolute Gasteiger partial charge is 0.0302 e. The summed E-state index contributed by atoms with van der Waals surface area (Å²) >= 11 is 1.78. The van der Waals surface area contributed by atoms with Gasteiger partial charge in [-0.25, -0.2) is 0 Å². The van der Waals surface area contributed by atoms with Crippen molar-refractivity contribution >= 4 is 11.3 Å². The first kappa shape index (κ1) is 14.7. The van der Waals surface area contributed by atoms with Crippen LogP contribution >= 0.6 is 11.3 Å². The number of thiophene rings is 1. The van der Waals surface area contributed by atoms with E-state index in [1.165, 1.54) is 18.4 Å². The van der Waals surface area contributed by atoms with E-state index in [9.17, 15) is 0 Å². The summed E-state index contributed by atoms with van der Waals surface area (Å²) in [4.78, 5) is 0. The van der Waals surface area contributed by atoms with Gasteiger partial charge in [0, 0.05) is 12.1 Å². The van der Waals surface area contributed by atoms with E-state index < -0.39 is 0 Å². The maximum atomic E-state index is 3.79. The Morgan fingerprint density at radius 3 is 2.06 bits per heavy atom. The Kier molecular flexibility index (Phi) is 6.21. The van der Waals surface area contributed by atoms with Gasteiger partial charge in [0.1, 0.15) is 0 Å². The van der Waals surface area contributed by atoms with E-state index in [4.69, 9.17) is 0 Å². The number of hydrogen-bond acceptors (Lipinski definition) is 2. The van der Waals surface area contributed by atoms with Gasteiger partial charge in [-0.05, 0) is 54.0 Å². The third-order valence-electron chi connectivity index (χ3n) is 3.04. The molecule has 0 saturated heterocycles. The van der Waals surface area contributed by atoms with Gasteiger partial charge in [0.25, 0.3) is 0 Å². The fourth-order valence-electron chi connectivity index (χ4n) is 2.34. The van der Waals surface area contributed by atoms with Gasteiger partial charge in [-0.2, -0.15) is 11.3 Å². The van der Waals surface area contributed by atoms with Crippen LogP contribution in [0.4, 0.5) is 0 Å². The summed E-state index contributed by atoms with van der Waals surface area (Å²) in [6.07, 6.45) is 2.54. The molecule has 0 radical (unpaired) electrons. The lowest BCUT2D eigenvalue weighted by molar-refractivity contribution is 0.335. The zero-order chi connectivity index (χ0) is 12.8. The van der Waals surface area contributed by atoms with Crippen molar-refractivity contribution in [3.05, 3.63) is 22.4 Å². The minimum Gasteiger partial charge on any atom is -0.307 e. The fraction of sp³-hybridized carbons (Fsp3) is 0.733. The van der Waals surface area contributed by atoms with Gasteiger partial charge in [-0.1, -0.05) is 27.7 Å². The molecule has 0 spiro atoms. The standard InChI is InChI=1S/C15H27NS/c1-11(2)8-15(9-12(3)4)16-13(5)14-6-7-17-10-14/h6-7,10-13,15-16H,8-9H2,1-5H3. The van der Waals surface area contributed by atoms with Crippen molar-refractivity contribution in [1.82, 2.24) is 5.32 Å². The summed E-state index contributed by atoms with van der Waals surface area (Å²) in [6.45, 7) is 11.5. The van der Waals surface area contributed by atoms with Crippen LogP contribution in [0.5, 0.6) is 0 Å².